The van der Waals surface area contributed by atoms with E-state index in [1.54, 1.807) is 18.2 Å². The fourth-order valence-corrected chi connectivity index (χ4v) is 1.47. The second-order valence-electron chi connectivity index (χ2n) is 3.88. The maximum atomic E-state index is 8.90. The van der Waals surface area contributed by atoms with E-state index in [0.29, 0.717) is 22.9 Å². The molecular formula is C11H12Cl2N2O. The van der Waals surface area contributed by atoms with Gasteiger partial charge < -0.3 is 10.5 Å². The zero-order chi connectivity index (χ0) is 10.9. The average Bonchev–Trinajstić information content (AvgIpc) is 2.94. The van der Waals surface area contributed by atoms with Crippen LogP contribution >= 0.6 is 24.0 Å². The van der Waals surface area contributed by atoms with Crippen molar-refractivity contribution in [2.45, 2.75) is 18.4 Å². The minimum absolute atomic E-state index is 0. The molecule has 0 heterocycles. The molecule has 0 atom stereocenters. The summed E-state index contributed by atoms with van der Waals surface area (Å²) in [6.45, 7) is 0.446. The van der Waals surface area contributed by atoms with Crippen LogP contribution in [0.25, 0.3) is 0 Å². The van der Waals surface area contributed by atoms with Crippen LogP contribution in [0, 0.1) is 11.3 Å². The van der Waals surface area contributed by atoms with Gasteiger partial charge in [0.2, 0.25) is 0 Å². The first-order valence-electron chi connectivity index (χ1n) is 4.75. The largest absolute Gasteiger partial charge is 0.490 e. The number of nitriles is 1. The van der Waals surface area contributed by atoms with Crippen LogP contribution in [0.15, 0.2) is 18.2 Å². The van der Waals surface area contributed by atoms with E-state index < -0.39 is 0 Å². The Kier molecular flexibility index (Phi) is 4.03. The van der Waals surface area contributed by atoms with Gasteiger partial charge in [0.15, 0.2) is 0 Å². The van der Waals surface area contributed by atoms with E-state index in [0.717, 1.165) is 12.8 Å². The number of nitrogens with zero attached hydrogens (tertiary/aromatic N) is 1. The molecule has 1 saturated carbocycles. The lowest BCUT2D eigenvalue weighted by Gasteiger charge is -2.12. The highest BCUT2D eigenvalue weighted by molar-refractivity contribution is 6.31. The standard InChI is InChI=1S/C11H11ClN2O.ClH/c12-9-2-1-3-10(8(9)6-13)15-7-11(14)4-5-11;/h1-3H,4-5,7,14H2;1H. The molecule has 0 radical (unpaired) electrons. The van der Waals surface area contributed by atoms with Gasteiger partial charge in [0.25, 0.3) is 0 Å². The van der Waals surface area contributed by atoms with Crippen molar-refractivity contribution in [1.82, 2.24) is 0 Å². The van der Waals surface area contributed by atoms with Crippen LogP contribution in [-0.2, 0) is 0 Å². The van der Waals surface area contributed by atoms with Crippen molar-refractivity contribution in [3.8, 4) is 11.8 Å². The van der Waals surface area contributed by atoms with Crippen LogP contribution < -0.4 is 10.5 Å². The molecule has 1 fully saturated rings. The predicted octanol–water partition coefficient (Wildman–Crippen LogP) is 2.50. The van der Waals surface area contributed by atoms with Crippen molar-refractivity contribution in [3.63, 3.8) is 0 Å². The lowest BCUT2D eigenvalue weighted by Crippen LogP contribution is -2.29. The molecule has 1 aromatic carbocycles. The van der Waals surface area contributed by atoms with Crippen LogP contribution in [0.2, 0.25) is 5.02 Å². The van der Waals surface area contributed by atoms with Crippen molar-refractivity contribution in [1.29, 1.82) is 5.26 Å². The number of hydrogen-bond donors (Lipinski definition) is 1. The summed E-state index contributed by atoms with van der Waals surface area (Å²) in [6, 6.07) is 7.18. The number of benzene rings is 1. The second kappa shape index (κ2) is 4.92. The molecule has 3 nitrogen and oxygen atoms in total. The molecule has 1 aromatic rings. The van der Waals surface area contributed by atoms with Gasteiger partial charge in [-0.1, -0.05) is 17.7 Å². The van der Waals surface area contributed by atoms with E-state index in [4.69, 9.17) is 27.3 Å². The van der Waals surface area contributed by atoms with Crippen molar-refractivity contribution in [3.05, 3.63) is 28.8 Å². The number of ether oxygens (including phenoxy) is 1. The van der Waals surface area contributed by atoms with E-state index in [1.807, 2.05) is 6.07 Å². The molecule has 1 aliphatic carbocycles. The number of nitrogens with two attached hydrogens (primary N) is 1. The average molecular weight is 259 g/mol. The Labute approximate surface area is 106 Å². The van der Waals surface area contributed by atoms with E-state index in [2.05, 4.69) is 0 Å². The summed E-state index contributed by atoms with van der Waals surface area (Å²) in [7, 11) is 0. The van der Waals surface area contributed by atoms with Gasteiger partial charge in [0.05, 0.1) is 10.6 Å². The number of halogens is 2. The Morgan fingerprint density at radius 3 is 2.75 bits per heavy atom. The number of hydrogen-bond acceptors (Lipinski definition) is 3. The molecule has 2 N–H and O–H groups in total. The molecular weight excluding hydrogens is 247 g/mol. The summed E-state index contributed by atoms with van der Waals surface area (Å²) < 4.78 is 5.50. The van der Waals surface area contributed by atoms with E-state index in [-0.39, 0.29) is 17.9 Å². The third kappa shape index (κ3) is 2.79. The Bertz CT molecular complexity index is 424. The van der Waals surface area contributed by atoms with Gasteiger partial charge in [-0.15, -0.1) is 12.4 Å². The normalized spacial score (nSPS) is 15.8. The summed E-state index contributed by atoms with van der Waals surface area (Å²) in [6.07, 6.45) is 1.96. The summed E-state index contributed by atoms with van der Waals surface area (Å²) >= 11 is 5.86. The zero-order valence-corrected chi connectivity index (χ0v) is 10.1. The van der Waals surface area contributed by atoms with Crippen LogP contribution in [0.3, 0.4) is 0 Å². The first-order chi connectivity index (χ1) is 7.14. The van der Waals surface area contributed by atoms with Gasteiger partial charge in [-0.2, -0.15) is 5.26 Å². The van der Waals surface area contributed by atoms with Crippen molar-refractivity contribution in [2.24, 2.45) is 5.73 Å². The molecule has 0 unspecified atom stereocenters. The van der Waals surface area contributed by atoms with Gasteiger partial charge in [0.1, 0.15) is 24.0 Å². The van der Waals surface area contributed by atoms with Crippen LogP contribution in [0.4, 0.5) is 0 Å². The van der Waals surface area contributed by atoms with Crippen molar-refractivity contribution >= 4 is 24.0 Å². The summed E-state index contributed by atoms with van der Waals surface area (Å²) in [4.78, 5) is 0. The smallest absolute Gasteiger partial charge is 0.138 e. The third-order valence-corrected chi connectivity index (χ3v) is 2.81. The summed E-state index contributed by atoms with van der Waals surface area (Å²) in [5.41, 5.74) is 6.08. The van der Waals surface area contributed by atoms with Crippen LogP contribution in [0.1, 0.15) is 18.4 Å². The van der Waals surface area contributed by atoms with Crippen molar-refractivity contribution in [2.75, 3.05) is 6.61 Å². The minimum Gasteiger partial charge on any atom is -0.490 e. The first-order valence-corrected chi connectivity index (χ1v) is 5.13. The number of rotatable bonds is 3. The quantitative estimate of drug-likeness (QED) is 0.907. The van der Waals surface area contributed by atoms with Gasteiger partial charge >= 0.3 is 0 Å². The van der Waals surface area contributed by atoms with Gasteiger partial charge in [-0.25, -0.2) is 0 Å². The molecule has 2 rings (SSSR count). The van der Waals surface area contributed by atoms with Crippen LogP contribution in [-0.4, -0.2) is 12.1 Å². The first kappa shape index (κ1) is 13.1. The lowest BCUT2D eigenvalue weighted by molar-refractivity contribution is 0.279. The topological polar surface area (TPSA) is 59.0 Å². The van der Waals surface area contributed by atoms with Gasteiger partial charge in [-0.05, 0) is 25.0 Å². The fraction of sp³-hybridized carbons (Fsp3) is 0.364. The highest BCUT2D eigenvalue weighted by Crippen LogP contribution is 2.34. The Morgan fingerprint density at radius 2 is 2.19 bits per heavy atom. The maximum Gasteiger partial charge on any atom is 0.138 e. The Balaban J connectivity index is 0.00000128. The molecule has 16 heavy (non-hydrogen) atoms. The van der Waals surface area contributed by atoms with Gasteiger partial charge in [-0.3, -0.25) is 0 Å². The highest BCUT2D eigenvalue weighted by atomic mass is 35.5. The van der Waals surface area contributed by atoms with E-state index >= 15 is 0 Å². The summed E-state index contributed by atoms with van der Waals surface area (Å²) in [5.74, 6) is 0.515. The minimum atomic E-state index is -0.185. The van der Waals surface area contributed by atoms with E-state index in [9.17, 15) is 0 Å². The van der Waals surface area contributed by atoms with Crippen LogP contribution in [0.5, 0.6) is 5.75 Å². The molecule has 0 bridgehead atoms. The fourth-order valence-electron chi connectivity index (χ4n) is 1.26. The van der Waals surface area contributed by atoms with E-state index in [1.165, 1.54) is 0 Å². The SMILES string of the molecule is Cl.N#Cc1c(Cl)cccc1OCC1(N)CC1. The Hall–Kier alpha value is -0.950. The molecule has 1 aliphatic rings. The Morgan fingerprint density at radius 1 is 1.50 bits per heavy atom. The van der Waals surface area contributed by atoms with Gasteiger partial charge in [0, 0.05) is 0 Å². The summed E-state index contributed by atoms with van der Waals surface area (Å²) in [5, 5.41) is 9.31. The molecule has 5 heteroatoms. The molecule has 0 spiro atoms. The third-order valence-electron chi connectivity index (χ3n) is 2.49. The molecule has 0 amide bonds. The molecule has 0 saturated heterocycles. The molecule has 86 valence electrons. The monoisotopic (exact) mass is 258 g/mol. The molecule has 0 aliphatic heterocycles. The highest BCUT2D eigenvalue weighted by Gasteiger charge is 2.39. The predicted molar refractivity (Wildman–Crippen MR) is 65.1 cm³/mol. The zero-order valence-electron chi connectivity index (χ0n) is 8.57. The molecule has 0 aromatic heterocycles. The lowest BCUT2D eigenvalue weighted by atomic mass is 10.2. The second-order valence-corrected chi connectivity index (χ2v) is 4.28. The maximum absolute atomic E-state index is 8.90. The van der Waals surface area contributed by atoms with Crippen molar-refractivity contribution < 1.29 is 4.74 Å².